The second-order valence-electron chi connectivity index (χ2n) is 9.76. The smallest absolute Gasteiger partial charge is 0.274 e. The number of allylic oxidation sites excluding steroid dienone is 1. The van der Waals surface area contributed by atoms with Gasteiger partial charge in [-0.3, -0.25) is 9.89 Å². The maximum atomic E-state index is 13.4. The third-order valence-corrected chi connectivity index (χ3v) is 8.01. The summed E-state index contributed by atoms with van der Waals surface area (Å²) in [5, 5.41) is 30.0. The molecule has 0 radical (unpaired) electrons. The van der Waals surface area contributed by atoms with E-state index in [9.17, 15) is 15.0 Å². The summed E-state index contributed by atoms with van der Waals surface area (Å²) in [4.78, 5) is 15.4. The van der Waals surface area contributed by atoms with Crippen LogP contribution in [0.3, 0.4) is 0 Å². The molecule has 186 valence electrons. The quantitative estimate of drug-likeness (QED) is 0.550. The van der Waals surface area contributed by atoms with Gasteiger partial charge in [0.15, 0.2) is 0 Å². The predicted molar refractivity (Wildman–Crippen MR) is 140 cm³/mol. The Morgan fingerprint density at radius 1 is 1.11 bits per heavy atom. The van der Waals surface area contributed by atoms with Gasteiger partial charge in [-0.05, 0) is 54.2 Å². The molecule has 2 atom stereocenters. The number of aromatic amines is 1. The molecule has 2 aliphatic rings. The lowest BCUT2D eigenvalue weighted by molar-refractivity contribution is -0.543. The van der Waals surface area contributed by atoms with Gasteiger partial charge in [-0.2, -0.15) is 0 Å². The van der Waals surface area contributed by atoms with Crippen molar-refractivity contribution in [2.24, 2.45) is 5.92 Å². The average Bonchev–Trinajstić information content (AvgIpc) is 3.24. The number of para-hydroxylation sites is 1. The lowest BCUT2D eigenvalue weighted by atomic mass is 9.64. The van der Waals surface area contributed by atoms with Gasteiger partial charge in [-0.15, -0.1) is 12.2 Å². The van der Waals surface area contributed by atoms with Crippen molar-refractivity contribution in [2.75, 3.05) is 11.9 Å². The number of benzene rings is 2. The van der Waals surface area contributed by atoms with Crippen LogP contribution in [0.4, 0.5) is 5.69 Å². The van der Waals surface area contributed by atoms with Crippen LogP contribution in [0.25, 0.3) is 5.69 Å². The summed E-state index contributed by atoms with van der Waals surface area (Å²) in [5.74, 6) is -1.53. The van der Waals surface area contributed by atoms with Crippen molar-refractivity contribution < 1.29 is 10.2 Å². The highest BCUT2D eigenvalue weighted by Gasteiger charge is 2.44. The third-order valence-electron chi connectivity index (χ3n) is 7.52. The van der Waals surface area contributed by atoms with Crippen LogP contribution in [0.2, 0.25) is 0 Å². The summed E-state index contributed by atoms with van der Waals surface area (Å²) in [7, 11) is 1.98. The van der Waals surface area contributed by atoms with E-state index >= 15 is 0 Å². The lowest BCUT2D eigenvalue weighted by Gasteiger charge is -2.60. The summed E-state index contributed by atoms with van der Waals surface area (Å²) in [6, 6.07) is 15.4. The number of H-pyrrole nitrogens is 1. The predicted octanol–water partition coefficient (Wildman–Crippen LogP) is 3.61. The van der Waals surface area contributed by atoms with E-state index in [0.29, 0.717) is 23.4 Å². The average molecular weight is 538 g/mol. The number of aromatic nitrogens is 2. The zero-order chi connectivity index (χ0) is 24.4. The Morgan fingerprint density at radius 2 is 1.77 bits per heavy atom. The first-order valence-electron chi connectivity index (χ1n) is 11.6. The highest BCUT2D eigenvalue weighted by molar-refractivity contribution is 9.10. The van der Waals surface area contributed by atoms with Crippen LogP contribution in [0, 0.1) is 5.92 Å². The van der Waals surface area contributed by atoms with E-state index in [1.54, 1.807) is 0 Å². The number of nitrogens with zero attached hydrogens (tertiary/aromatic N) is 2. The van der Waals surface area contributed by atoms with Crippen molar-refractivity contribution in [2.45, 2.75) is 58.2 Å². The Kier molecular flexibility index (Phi) is 6.64. The molecular formula is C28H32BrN3O3-2. The van der Waals surface area contributed by atoms with E-state index in [4.69, 9.17) is 0 Å². The largest absolute Gasteiger partial charge is 0.851 e. The van der Waals surface area contributed by atoms with Crippen molar-refractivity contribution in [3.63, 3.8) is 0 Å². The number of hydrogen-bond donors (Lipinski definition) is 1. The van der Waals surface area contributed by atoms with Gasteiger partial charge < -0.3 is 15.1 Å². The van der Waals surface area contributed by atoms with E-state index in [0.717, 1.165) is 21.4 Å². The zero-order valence-electron chi connectivity index (χ0n) is 19.7. The van der Waals surface area contributed by atoms with E-state index in [1.165, 1.54) is 4.68 Å². The molecule has 6 nitrogen and oxygen atoms in total. The van der Waals surface area contributed by atoms with Gasteiger partial charge in [-0.1, -0.05) is 68.4 Å². The van der Waals surface area contributed by atoms with Gasteiger partial charge >= 0.3 is 0 Å². The molecule has 2 unspecified atom stereocenters. The van der Waals surface area contributed by atoms with Gasteiger partial charge in [0.1, 0.15) is 0 Å². The molecular weight excluding hydrogens is 506 g/mol. The topological polar surface area (TPSA) is 87.1 Å². The van der Waals surface area contributed by atoms with E-state index in [2.05, 4.69) is 45.8 Å². The first-order valence-corrected chi connectivity index (χ1v) is 12.4. The molecule has 3 aromatic rings. The number of aryl methyl sites for hydroxylation is 1. The number of nitrogens with one attached hydrogen (secondary N) is 1. The molecule has 1 aliphatic heterocycles. The normalized spacial score (nSPS) is 25.8. The van der Waals surface area contributed by atoms with E-state index in [-0.39, 0.29) is 18.4 Å². The molecule has 1 fully saturated rings. The second kappa shape index (κ2) is 9.12. The summed E-state index contributed by atoms with van der Waals surface area (Å²) in [6.45, 7) is 6.15. The molecule has 1 aromatic heterocycles. The highest BCUT2D eigenvalue weighted by atomic mass is 79.9. The van der Waals surface area contributed by atoms with Gasteiger partial charge in [0.25, 0.3) is 5.56 Å². The third kappa shape index (κ3) is 3.81. The van der Waals surface area contributed by atoms with Crippen molar-refractivity contribution in [3.05, 3.63) is 92.0 Å². The summed E-state index contributed by atoms with van der Waals surface area (Å²) in [6.07, 6.45) is 0.0973. The minimum absolute atomic E-state index is 0. The Hall–Kier alpha value is -2.61. The van der Waals surface area contributed by atoms with Crippen LogP contribution >= 0.6 is 15.9 Å². The van der Waals surface area contributed by atoms with Gasteiger partial charge in [-0.25, -0.2) is 4.68 Å². The number of halogens is 1. The highest BCUT2D eigenvalue weighted by Crippen LogP contribution is 2.50. The van der Waals surface area contributed by atoms with Crippen LogP contribution in [-0.2, 0) is 11.8 Å². The Bertz CT molecular complexity index is 1310. The van der Waals surface area contributed by atoms with Crippen molar-refractivity contribution in [1.29, 1.82) is 0 Å². The molecule has 35 heavy (non-hydrogen) atoms. The molecule has 0 saturated heterocycles. The molecule has 7 heteroatoms. The zero-order valence-corrected chi connectivity index (χ0v) is 21.3. The Balaban J connectivity index is 0.00000289. The molecule has 1 N–H and O–H groups in total. The maximum Gasteiger partial charge on any atom is 0.274 e. The fraction of sp³-hybridized carbons (Fsp3) is 0.393. The number of fused-ring (bicyclic) bond motifs is 1. The Labute approximate surface area is 215 Å². The number of likely N-dealkylation sites (N-methyl/N-ethyl adjacent to an activating group) is 1. The van der Waals surface area contributed by atoms with Gasteiger partial charge in [0.2, 0.25) is 0 Å². The van der Waals surface area contributed by atoms with Crippen LogP contribution in [0.15, 0.2) is 69.6 Å². The van der Waals surface area contributed by atoms with Crippen LogP contribution < -0.4 is 20.7 Å². The Morgan fingerprint density at radius 3 is 2.40 bits per heavy atom. The molecule has 0 amide bonds. The molecule has 2 heterocycles. The minimum atomic E-state index is -1.16. The number of rotatable bonds is 4. The van der Waals surface area contributed by atoms with Gasteiger partial charge in [0, 0.05) is 39.6 Å². The molecule has 0 spiro atoms. The minimum Gasteiger partial charge on any atom is -0.851 e. The van der Waals surface area contributed by atoms with Crippen LogP contribution in [-0.4, -0.2) is 29.0 Å². The van der Waals surface area contributed by atoms with Gasteiger partial charge in [0.05, 0.1) is 5.69 Å². The molecule has 5 rings (SSSR count). The standard InChI is InChI=1S/C27H28BrN3O3.CH4/c1-5-19-22(26(34)31(29-19)16-9-7-6-8-10-16)23-24(32)17(25(23)33)14-21-27(2,3)18-13-15(28)11-12-20(18)30(21)4;/h6-14,17,23-25,29H,5H2,1-4H3;1H4/q-2;. The van der Waals surface area contributed by atoms with Crippen molar-refractivity contribution >= 4 is 21.6 Å². The van der Waals surface area contributed by atoms with Crippen molar-refractivity contribution in [3.8, 4) is 5.69 Å². The first-order chi connectivity index (χ1) is 16.2. The number of anilines is 1. The first kappa shape index (κ1) is 25.5. The van der Waals surface area contributed by atoms with Crippen molar-refractivity contribution in [1.82, 2.24) is 9.78 Å². The second-order valence-corrected chi connectivity index (χ2v) is 10.7. The number of hydrogen-bond acceptors (Lipinski definition) is 4. The van der Waals surface area contributed by atoms with E-state index < -0.39 is 24.0 Å². The fourth-order valence-electron chi connectivity index (χ4n) is 5.58. The summed E-state index contributed by atoms with van der Waals surface area (Å²) in [5.41, 5.74) is 4.27. The van der Waals surface area contributed by atoms with Crippen LogP contribution in [0.5, 0.6) is 0 Å². The molecule has 0 bridgehead atoms. The molecule has 2 aromatic carbocycles. The summed E-state index contributed by atoms with van der Waals surface area (Å²) >= 11 is 3.55. The monoisotopic (exact) mass is 537 g/mol. The molecule has 1 aliphatic carbocycles. The van der Waals surface area contributed by atoms with E-state index in [1.807, 2.05) is 62.5 Å². The lowest BCUT2D eigenvalue weighted by Crippen LogP contribution is -2.65. The summed E-state index contributed by atoms with van der Waals surface area (Å²) < 4.78 is 2.44. The SMILES string of the molecule is C.CCc1[nH]n(-c2ccccc2)c(=O)c1C1C([O-])C(C=C2N(C)c3ccc(Br)cc3C2(C)C)C1[O-]. The molecule has 1 saturated carbocycles. The van der Waals surface area contributed by atoms with Crippen LogP contribution in [0.1, 0.15) is 50.9 Å². The fourth-order valence-corrected chi connectivity index (χ4v) is 5.94. The maximum absolute atomic E-state index is 13.4.